The molecular weight excluding hydrogens is 192 g/mol. The Morgan fingerprint density at radius 3 is 2.53 bits per heavy atom. The van der Waals surface area contributed by atoms with Crippen LogP contribution in [0.4, 0.5) is 0 Å². The van der Waals surface area contributed by atoms with E-state index in [0.717, 1.165) is 16.2 Å². The van der Waals surface area contributed by atoms with Crippen molar-refractivity contribution in [3.05, 3.63) is 29.8 Å². The van der Waals surface area contributed by atoms with Crippen molar-refractivity contribution in [1.29, 1.82) is 10.7 Å². The van der Waals surface area contributed by atoms with Gasteiger partial charge >= 0.3 is 0 Å². The van der Waals surface area contributed by atoms with Gasteiger partial charge in [-0.3, -0.25) is 5.41 Å². The molecule has 0 atom stereocenters. The molecule has 1 rings (SSSR count). The summed E-state index contributed by atoms with van der Waals surface area (Å²) >= 11 is 0. The standard InChI is InChI=1S/C10H12N4O/c1-15-9-4-2-8(3-5-9)6-14(7-11)10(12)13/h2-5H,6H2,1H3,(H3,12,13). The predicted molar refractivity (Wildman–Crippen MR) is 56.1 cm³/mol. The minimum Gasteiger partial charge on any atom is -0.497 e. The lowest BCUT2D eigenvalue weighted by Crippen LogP contribution is -2.31. The fourth-order valence-corrected chi connectivity index (χ4v) is 1.09. The summed E-state index contributed by atoms with van der Waals surface area (Å²) < 4.78 is 5.00. The molecule has 0 spiro atoms. The van der Waals surface area contributed by atoms with E-state index in [1.807, 2.05) is 18.3 Å². The average molecular weight is 204 g/mol. The largest absolute Gasteiger partial charge is 0.497 e. The molecule has 0 bridgehead atoms. The normalized spacial score (nSPS) is 9.07. The first-order chi connectivity index (χ1) is 7.17. The number of rotatable bonds is 3. The number of hydrogen-bond donors (Lipinski definition) is 2. The molecule has 0 aliphatic carbocycles. The Morgan fingerprint density at radius 1 is 1.53 bits per heavy atom. The van der Waals surface area contributed by atoms with E-state index in [-0.39, 0.29) is 5.96 Å². The Balaban J connectivity index is 2.72. The summed E-state index contributed by atoms with van der Waals surface area (Å²) in [6, 6.07) is 7.24. The van der Waals surface area contributed by atoms with Gasteiger partial charge in [-0.1, -0.05) is 12.1 Å². The Bertz CT molecular complexity index is 379. The van der Waals surface area contributed by atoms with Crippen molar-refractivity contribution in [2.75, 3.05) is 7.11 Å². The minimum absolute atomic E-state index is 0.256. The van der Waals surface area contributed by atoms with E-state index >= 15 is 0 Å². The van der Waals surface area contributed by atoms with Crippen LogP contribution in [0.1, 0.15) is 5.56 Å². The molecule has 5 nitrogen and oxygen atoms in total. The average Bonchev–Trinajstić information content (AvgIpc) is 2.26. The van der Waals surface area contributed by atoms with Crippen LogP contribution in [0.25, 0.3) is 0 Å². The molecule has 0 saturated heterocycles. The number of methoxy groups -OCH3 is 1. The number of hydrogen-bond acceptors (Lipinski definition) is 3. The van der Waals surface area contributed by atoms with Crippen molar-refractivity contribution in [2.24, 2.45) is 5.73 Å². The fourth-order valence-electron chi connectivity index (χ4n) is 1.09. The van der Waals surface area contributed by atoms with Crippen molar-refractivity contribution in [2.45, 2.75) is 6.54 Å². The van der Waals surface area contributed by atoms with Gasteiger partial charge in [-0.2, -0.15) is 5.26 Å². The number of nitrogens with two attached hydrogens (primary N) is 1. The van der Waals surface area contributed by atoms with Crippen molar-refractivity contribution >= 4 is 5.96 Å². The molecule has 1 aromatic carbocycles. The molecule has 3 N–H and O–H groups in total. The molecule has 0 heterocycles. The van der Waals surface area contributed by atoms with Crippen LogP contribution in [0.2, 0.25) is 0 Å². The van der Waals surface area contributed by atoms with Gasteiger partial charge in [0.25, 0.3) is 0 Å². The highest BCUT2D eigenvalue weighted by molar-refractivity contribution is 5.76. The molecule has 0 unspecified atom stereocenters. The molecule has 0 aliphatic rings. The van der Waals surface area contributed by atoms with Crippen LogP contribution in [-0.4, -0.2) is 18.0 Å². The smallest absolute Gasteiger partial charge is 0.202 e. The second-order valence-electron chi connectivity index (χ2n) is 2.92. The zero-order chi connectivity index (χ0) is 11.3. The van der Waals surface area contributed by atoms with Crippen molar-refractivity contribution in [3.63, 3.8) is 0 Å². The van der Waals surface area contributed by atoms with Crippen LogP contribution in [0.15, 0.2) is 24.3 Å². The molecule has 78 valence electrons. The quantitative estimate of drug-likeness (QED) is 0.331. The van der Waals surface area contributed by atoms with Gasteiger partial charge in [0.15, 0.2) is 6.19 Å². The van der Waals surface area contributed by atoms with Crippen LogP contribution in [0.5, 0.6) is 5.75 Å². The third kappa shape index (κ3) is 2.88. The number of benzene rings is 1. The van der Waals surface area contributed by atoms with Gasteiger partial charge in [-0.15, -0.1) is 0 Å². The zero-order valence-electron chi connectivity index (χ0n) is 8.40. The first kappa shape index (κ1) is 10.9. The summed E-state index contributed by atoms with van der Waals surface area (Å²) in [4.78, 5) is 1.10. The molecule has 15 heavy (non-hydrogen) atoms. The lowest BCUT2D eigenvalue weighted by Gasteiger charge is -2.12. The molecule has 5 heteroatoms. The fraction of sp³-hybridized carbons (Fsp3) is 0.200. The number of ether oxygens (including phenoxy) is 1. The van der Waals surface area contributed by atoms with Crippen molar-refractivity contribution < 1.29 is 4.74 Å². The SMILES string of the molecule is COc1ccc(CN(C#N)C(=N)N)cc1. The van der Waals surface area contributed by atoms with Crippen LogP contribution in [0, 0.1) is 16.9 Å². The lowest BCUT2D eigenvalue weighted by atomic mass is 10.2. The molecule has 0 amide bonds. The monoisotopic (exact) mass is 204 g/mol. The van der Waals surface area contributed by atoms with Gasteiger partial charge in [-0.05, 0) is 17.7 Å². The molecule has 0 radical (unpaired) electrons. The minimum atomic E-state index is -0.256. The molecule has 0 saturated carbocycles. The third-order valence-corrected chi connectivity index (χ3v) is 1.91. The number of nitrogens with one attached hydrogen (secondary N) is 1. The first-order valence-electron chi connectivity index (χ1n) is 4.31. The summed E-state index contributed by atoms with van der Waals surface area (Å²) in [6.45, 7) is 0.301. The first-order valence-corrected chi connectivity index (χ1v) is 4.31. The van der Waals surface area contributed by atoms with E-state index in [0.29, 0.717) is 6.54 Å². The molecule has 0 aliphatic heterocycles. The topological polar surface area (TPSA) is 86.1 Å². The highest BCUT2D eigenvalue weighted by Crippen LogP contribution is 2.12. The highest BCUT2D eigenvalue weighted by Gasteiger charge is 2.05. The molecule has 0 aromatic heterocycles. The summed E-state index contributed by atoms with van der Waals surface area (Å²) in [5.74, 6) is 0.499. The van der Waals surface area contributed by atoms with Gasteiger partial charge in [0.1, 0.15) is 5.75 Å². The van der Waals surface area contributed by atoms with E-state index in [1.54, 1.807) is 19.2 Å². The lowest BCUT2D eigenvalue weighted by molar-refractivity contribution is 0.414. The van der Waals surface area contributed by atoms with Gasteiger partial charge in [0.05, 0.1) is 13.7 Å². The van der Waals surface area contributed by atoms with Crippen LogP contribution in [-0.2, 0) is 6.54 Å². The van der Waals surface area contributed by atoms with E-state index in [1.165, 1.54) is 0 Å². The summed E-state index contributed by atoms with van der Waals surface area (Å²) in [5, 5.41) is 15.8. The molecule has 1 aromatic rings. The van der Waals surface area contributed by atoms with Gasteiger partial charge in [0.2, 0.25) is 5.96 Å². The number of nitriles is 1. The summed E-state index contributed by atoms with van der Waals surface area (Å²) in [5.41, 5.74) is 6.11. The van der Waals surface area contributed by atoms with E-state index < -0.39 is 0 Å². The Labute approximate surface area is 88.2 Å². The maximum Gasteiger partial charge on any atom is 0.202 e. The van der Waals surface area contributed by atoms with Crippen molar-refractivity contribution in [1.82, 2.24) is 4.90 Å². The van der Waals surface area contributed by atoms with Gasteiger partial charge < -0.3 is 10.5 Å². The number of nitrogens with zero attached hydrogens (tertiary/aromatic N) is 2. The number of guanidine groups is 1. The summed E-state index contributed by atoms with van der Waals surface area (Å²) in [6.07, 6.45) is 1.83. The van der Waals surface area contributed by atoms with Gasteiger partial charge in [0, 0.05) is 0 Å². The molecule has 0 fully saturated rings. The van der Waals surface area contributed by atoms with Crippen molar-refractivity contribution in [3.8, 4) is 11.9 Å². The second kappa shape index (κ2) is 4.86. The van der Waals surface area contributed by atoms with Gasteiger partial charge in [-0.25, -0.2) is 4.90 Å². The Hall–Kier alpha value is -2.22. The van der Waals surface area contributed by atoms with Crippen LogP contribution >= 0.6 is 0 Å². The molecular formula is C10H12N4O. The van der Waals surface area contributed by atoms with E-state index in [9.17, 15) is 0 Å². The van der Waals surface area contributed by atoms with Crippen LogP contribution in [0.3, 0.4) is 0 Å². The Morgan fingerprint density at radius 2 is 2.13 bits per heavy atom. The summed E-state index contributed by atoms with van der Waals surface area (Å²) in [7, 11) is 1.59. The van der Waals surface area contributed by atoms with Crippen LogP contribution < -0.4 is 10.5 Å². The predicted octanol–water partition coefficient (Wildman–Crippen LogP) is 0.872. The maximum atomic E-state index is 8.69. The third-order valence-electron chi connectivity index (χ3n) is 1.91. The van der Waals surface area contributed by atoms with E-state index in [2.05, 4.69) is 0 Å². The van der Waals surface area contributed by atoms with E-state index in [4.69, 9.17) is 21.1 Å². The highest BCUT2D eigenvalue weighted by atomic mass is 16.5. The Kier molecular flexibility index (Phi) is 3.52. The zero-order valence-corrected chi connectivity index (χ0v) is 8.40. The maximum absolute atomic E-state index is 8.69. The second-order valence-corrected chi connectivity index (χ2v) is 2.92.